The Morgan fingerprint density at radius 2 is 1.94 bits per heavy atom. The second kappa shape index (κ2) is 14.8. The fourth-order valence-electron chi connectivity index (χ4n) is 5.99. The maximum Gasteiger partial charge on any atom is 0.309 e. The number of carbonyl (C=O) groups excluding carboxylic acids is 2. The Kier molecular flexibility index (Phi) is 10.3. The molecule has 2 fully saturated rings. The predicted molar refractivity (Wildman–Crippen MR) is 181 cm³/mol. The number of sulfonamides is 1. The van der Waals surface area contributed by atoms with Crippen molar-refractivity contribution < 1.29 is 22.7 Å². The number of hydrogen-bond acceptors (Lipinski definition) is 10. The molecule has 1 aliphatic carbocycles. The van der Waals surface area contributed by atoms with Gasteiger partial charge in [-0.05, 0) is 89.9 Å². The van der Waals surface area contributed by atoms with Crippen molar-refractivity contribution in [3.8, 4) is 16.8 Å². The van der Waals surface area contributed by atoms with Crippen molar-refractivity contribution in [2.24, 2.45) is 5.92 Å². The summed E-state index contributed by atoms with van der Waals surface area (Å²) in [6.45, 7) is 0.822. The van der Waals surface area contributed by atoms with Gasteiger partial charge in [-0.3, -0.25) is 14.4 Å². The number of aromatic amines is 1. The number of rotatable bonds is 12. The summed E-state index contributed by atoms with van der Waals surface area (Å²) in [5.74, 6) is -0.879. The quantitative estimate of drug-likeness (QED) is 0.164. The molecule has 4 aromatic rings. The van der Waals surface area contributed by atoms with Crippen LogP contribution in [-0.2, 0) is 30.8 Å². The SMILES string of the molecule is COC(=O)Cc1ccc(-c2cc([C@H](CC3CCCN(S(=O)(=O)C4CC4)C3)NC(=O)/C=C/c3cc(Cl)ccc3-n3cnnn3)n[nH]c2=O)cc1. The lowest BCUT2D eigenvalue weighted by atomic mass is 9.90. The number of methoxy groups -OCH3 is 1. The normalized spacial score (nSPS) is 17.6. The molecule has 49 heavy (non-hydrogen) atoms. The highest BCUT2D eigenvalue weighted by molar-refractivity contribution is 7.90. The van der Waals surface area contributed by atoms with Crippen molar-refractivity contribution in [2.45, 2.75) is 49.8 Å². The van der Waals surface area contributed by atoms with E-state index in [9.17, 15) is 22.8 Å². The second-order valence-corrected chi connectivity index (χ2v) is 14.8. The summed E-state index contributed by atoms with van der Waals surface area (Å²) in [6, 6.07) is 13.0. The van der Waals surface area contributed by atoms with Crippen LogP contribution in [0.3, 0.4) is 0 Å². The number of carbonyl (C=O) groups is 2. The first-order valence-electron chi connectivity index (χ1n) is 15.9. The molecule has 1 unspecified atom stereocenters. The average molecular weight is 707 g/mol. The summed E-state index contributed by atoms with van der Waals surface area (Å²) < 4.78 is 33.9. The molecule has 2 atom stereocenters. The highest BCUT2D eigenvalue weighted by Gasteiger charge is 2.42. The van der Waals surface area contributed by atoms with Gasteiger partial charge in [0.25, 0.3) is 5.56 Å². The first-order valence-corrected chi connectivity index (χ1v) is 17.7. The van der Waals surface area contributed by atoms with Crippen LogP contribution in [0.5, 0.6) is 0 Å². The van der Waals surface area contributed by atoms with E-state index in [2.05, 4.69) is 31.0 Å². The molecule has 1 saturated carbocycles. The smallest absolute Gasteiger partial charge is 0.309 e. The zero-order chi connectivity index (χ0) is 34.5. The zero-order valence-corrected chi connectivity index (χ0v) is 28.2. The molecule has 256 valence electrons. The van der Waals surface area contributed by atoms with Gasteiger partial charge in [0.05, 0.1) is 41.8 Å². The lowest BCUT2D eigenvalue weighted by Crippen LogP contribution is -2.42. The number of ether oxygens (including phenoxy) is 1. The van der Waals surface area contributed by atoms with E-state index in [4.69, 9.17) is 16.3 Å². The lowest BCUT2D eigenvalue weighted by molar-refractivity contribution is -0.139. The van der Waals surface area contributed by atoms with Crippen molar-refractivity contribution in [3.63, 3.8) is 0 Å². The molecular weight excluding hydrogens is 672 g/mol. The van der Waals surface area contributed by atoms with E-state index < -0.39 is 27.5 Å². The molecule has 2 aliphatic rings. The first kappa shape index (κ1) is 34.1. The molecule has 1 saturated heterocycles. The van der Waals surface area contributed by atoms with Gasteiger partial charge in [-0.2, -0.15) is 9.78 Å². The Bertz CT molecular complexity index is 2010. The number of piperidine rings is 1. The minimum atomic E-state index is -3.36. The van der Waals surface area contributed by atoms with Gasteiger partial charge in [-0.25, -0.2) is 17.8 Å². The number of H-pyrrole nitrogens is 1. The van der Waals surface area contributed by atoms with Crippen LogP contribution >= 0.6 is 11.6 Å². The summed E-state index contributed by atoms with van der Waals surface area (Å²) in [5.41, 5.74) is 2.84. The number of esters is 1. The van der Waals surface area contributed by atoms with Gasteiger partial charge in [-0.1, -0.05) is 35.9 Å². The van der Waals surface area contributed by atoms with Gasteiger partial charge in [0.1, 0.15) is 6.33 Å². The molecule has 0 spiro atoms. The van der Waals surface area contributed by atoms with E-state index in [1.165, 1.54) is 24.2 Å². The molecular formula is C33H35ClN8O6S. The van der Waals surface area contributed by atoms with Crippen LogP contribution in [0.25, 0.3) is 22.9 Å². The zero-order valence-electron chi connectivity index (χ0n) is 26.7. The molecule has 16 heteroatoms. The minimum Gasteiger partial charge on any atom is -0.469 e. The standard InChI is InChI=1S/C33H35ClN8O6S/c1-48-32(44)16-21-4-6-23(7-5-21)27-18-29(37-38-33(27)45)28(15-22-3-2-14-41(19-22)49(46,47)26-10-11-26)36-31(43)13-8-24-17-25(34)9-12-30(24)42-20-35-39-40-42/h4-9,12-13,17-18,20,22,26,28H,2-3,10-11,14-16,19H2,1H3,(H,36,43)(H,38,45)/b13-8+/t22?,28-/m0/s1. The van der Waals surface area contributed by atoms with E-state index in [1.54, 1.807) is 58.9 Å². The number of hydrogen-bond donors (Lipinski definition) is 2. The van der Waals surface area contributed by atoms with Crippen LogP contribution in [0.15, 0.2) is 65.7 Å². The molecule has 3 heterocycles. The van der Waals surface area contributed by atoms with E-state index in [1.807, 2.05) is 0 Å². The summed E-state index contributed by atoms with van der Waals surface area (Å²) in [6.07, 6.45) is 7.72. The molecule has 14 nitrogen and oxygen atoms in total. The number of benzene rings is 2. The van der Waals surface area contributed by atoms with Gasteiger partial charge in [0, 0.05) is 29.8 Å². The van der Waals surface area contributed by atoms with Crippen LogP contribution in [0.4, 0.5) is 0 Å². The third-order valence-electron chi connectivity index (χ3n) is 8.69. The number of nitrogens with one attached hydrogen (secondary N) is 2. The Balaban J connectivity index is 1.27. The Labute approximate surface area is 287 Å². The van der Waals surface area contributed by atoms with Gasteiger partial charge >= 0.3 is 5.97 Å². The molecule has 1 aliphatic heterocycles. The highest BCUT2D eigenvalue weighted by Crippen LogP contribution is 2.35. The molecule has 2 N–H and O–H groups in total. The lowest BCUT2D eigenvalue weighted by Gasteiger charge is -2.33. The number of tetrazole rings is 1. The molecule has 2 aromatic carbocycles. The van der Waals surface area contributed by atoms with Crippen molar-refractivity contribution in [3.05, 3.63) is 93.1 Å². The summed E-state index contributed by atoms with van der Waals surface area (Å²) >= 11 is 6.25. The molecule has 0 radical (unpaired) electrons. The predicted octanol–water partition coefficient (Wildman–Crippen LogP) is 3.25. The third kappa shape index (κ3) is 8.29. The second-order valence-electron chi connectivity index (χ2n) is 12.2. The van der Waals surface area contributed by atoms with E-state index in [-0.39, 0.29) is 23.6 Å². The Hall–Kier alpha value is -4.73. The van der Waals surface area contributed by atoms with Crippen molar-refractivity contribution in [1.82, 2.24) is 40.0 Å². The largest absolute Gasteiger partial charge is 0.469 e. The third-order valence-corrected chi connectivity index (χ3v) is 11.3. The van der Waals surface area contributed by atoms with E-state index in [0.29, 0.717) is 71.9 Å². The van der Waals surface area contributed by atoms with Gasteiger partial charge < -0.3 is 10.1 Å². The first-order chi connectivity index (χ1) is 23.6. The molecule has 2 aromatic heterocycles. The fraction of sp³-hybridized carbons (Fsp3) is 0.364. The summed E-state index contributed by atoms with van der Waals surface area (Å²) in [5, 5.41) is 21.4. The minimum absolute atomic E-state index is 0.0642. The molecule has 0 bridgehead atoms. The van der Waals surface area contributed by atoms with Crippen LogP contribution in [-0.4, -0.2) is 80.5 Å². The van der Waals surface area contributed by atoms with Gasteiger partial charge in [-0.15, -0.1) is 5.10 Å². The maximum absolute atomic E-state index is 13.5. The van der Waals surface area contributed by atoms with Crippen LogP contribution in [0.2, 0.25) is 5.02 Å². The fourth-order valence-corrected chi connectivity index (χ4v) is 8.13. The summed E-state index contributed by atoms with van der Waals surface area (Å²) in [7, 11) is -2.03. The topological polar surface area (TPSA) is 182 Å². The van der Waals surface area contributed by atoms with Crippen LogP contribution < -0.4 is 10.9 Å². The van der Waals surface area contributed by atoms with Crippen molar-refractivity contribution in [1.29, 1.82) is 0 Å². The van der Waals surface area contributed by atoms with Crippen molar-refractivity contribution in [2.75, 3.05) is 20.2 Å². The Morgan fingerprint density at radius 1 is 1.14 bits per heavy atom. The van der Waals surface area contributed by atoms with Gasteiger partial charge in [0.15, 0.2) is 0 Å². The maximum atomic E-state index is 13.5. The molecule has 6 rings (SSSR count). The Morgan fingerprint density at radius 3 is 2.65 bits per heavy atom. The van der Waals surface area contributed by atoms with E-state index in [0.717, 1.165) is 12.0 Å². The van der Waals surface area contributed by atoms with Crippen LogP contribution in [0, 0.1) is 5.92 Å². The number of amides is 1. The van der Waals surface area contributed by atoms with E-state index >= 15 is 0 Å². The average Bonchev–Trinajstić information content (AvgIpc) is 3.83. The highest BCUT2D eigenvalue weighted by atomic mass is 35.5. The monoisotopic (exact) mass is 706 g/mol. The number of aromatic nitrogens is 6. The molecule has 1 amide bonds. The van der Waals surface area contributed by atoms with Gasteiger partial charge in [0.2, 0.25) is 15.9 Å². The number of nitrogens with zero attached hydrogens (tertiary/aromatic N) is 6. The van der Waals surface area contributed by atoms with Crippen molar-refractivity contribution >= 4 is 39.6 Å². The number of halogens is 1. The van der Waals surface area contributed by atoms with Crippen LogP contribution in [0.1, 0.15) is 55.0 Å². The summed E-state index contributed by atoms with van der Waals surface area (Å²) in [4.78, 5) is 38.2.